The molecule has 0 aromatic heterocycles. The molecule has 0 unspecified atom stereocenters. The van der Waals surface area contributed by atoms with E-state index in [0.717, 1.165) is 31.8 Å². The van der Waals surface area contributed by atoms with Gasteiger partial charge in [-0.1, -0.05) is 48.2 Å². The molecule has 0 fully saturated rings. The molecule has 1 aliphatic heterocycles. The summed E-state index contributed by atoms with van der Waals surface area (Å²) in [6.45, 7) is 3.10. The van der Waals surface area contributed by atoms with Crippen molar-refractivity contribution in [1.82, 2.24) is 4.90 Å². The van der Waals surface area contributed by atoms with Crippen LogP contribution in [0.4, 0.5) is 0 Å². The minimum Gasteiger partial charge on any atom is -0.379 e. The number of hydrogen-bond acceptors (Lipinski definition) is 3. The van der Waals surface area contributed by atoms with Crippen molar-refractivity contribution in [1.29, 1.82) is 5.41 Å². The number of benzene rings is 1. The highest BCUT2D eigenvalue weighted by Gasteiger charge is 2.12. The summed E-state index contributed by atoms with van der Waals surface area (Å²) < 4.78 is 0. The summed E-state index contributed by atoms with van der Waals surface area (Å²) in [6, 6.07) is 10.6. The molecule has 3 N–H and O–H groups in total. The topological polar surface area (TPSA) is 53.1 Å². The van der Waals surface area contributed by atoms with Crippen molar-refractivity contribution in [2.45, 2.75) is 6.42 Å². The van der Waals surface area contributed by atoms with E-state index < -0.39 is 0 Å². The molecule has 0 atom stereocenters. The second-order valence-electron chi connectivity index (χ2n) is 4.36. The summed E-state index contributed by atoms with van der Waals surface area (Å²) >= 11 is 1.42. The number of nitrogens with one attached hydrogen (secondary N) is 1. The molecule has 0 saturated heterocycles. The Bertz CT molecular complexity index is 428. The van der Waals surface area contributed by atoms with Gasteiger partial charge in [0.15, 0.2) is 5.17 Å². The normalized spacial score (nSPS) is 16.3. The molecule has 4 heteroatoms. The number of nitrogens with two attached hydrogens (primary N) is 1. The smallest absolute Gasteiger partial charge is 0.151 e. The first-order valence-electron chi connectivity index (χ1n) is 6.19. The summed E-state index contributed by atoms with van der Waals surface area (Å²) in [5, 5.41) is 7.38. The van der Waals surface area contributed by atoms with Crippen LogP contribution in [0.1, 0.15) is 12.0 Å². The molecule has 0 radical (unpaired) electrons. The second-order valence-corrected chi connectivity index (χ2v) is 5.50. The Kier molecular flexibility index (Phi) is 4.84. The lowest BCUT2D eigenvalue weighted by molar-refractivity contribution is 0.321. The lowest BCUT2D eigenvalue weighted by Gasteiger charge is -2.26. The summed E-state index contributed by atoms with van der Waals surface area (Å²) in [5.41, 5.74) is 8.11. The van der Waals surface area contributed by atoms with Crippen LogP contribution in [0.3, 0.4) is 0 Å². The Morgan fingerprint density at radius 2 is 2.11 bits per heavy atom. The average Bonchev–Trinajstić information content (AvgIpc) is 2.40. The average molecular weight is 261 g/mol. The molecule has 0 amide bonds. The fourth-order valence-corrected chi connectivity index (χ4v) is 2.68. The van der Waals surface area contributed by atoms with Gasteiger partial charge in [0.1, 0.15) is 0 Å². The van der Waals surface area contributed by atoms with E-state index in [1.165, 1.54) is 22.9 Å². The maximum atomic E-state index is 7.17. The molecule has 3 nitrogen and oxygen atoms in total. The minimum atomic E-state index is 0.215. The molecular weight excluding hydrogens is 242 g/mol. The van der Waals surface area contributed by atoms with E-state index in [1.54, 1.807) is 0 Å². The molecule has 0 aliphatic carbocycles. The lowest BCUT2D eigenvalue weighted by Crippen LogP contribution is -2.31. The van der Waals surface area contributed by atoms with E-state index in [1.807, 2.05) is 0 Å². The lowest BCUT2D eigenvalue weighted by atomic mass is 10.00. The van der Waals surface area contributed by atoms with Crippen molar-refractivity contribution in [3.63, 3.8) is 0 Å². The van der Waals surface area contributed by atoms with E-state index in [0.29, 0.717) is 0 Å². The van der Waals surface area contributed by atoms with Crippen LogP contribution >= 0.6 is 11.8 Å². The monoisotopic (exact) mass is 261 g/mol. The quantitative estimate of drug-likeness (QED) is 0.646. The number of amidine groups is 1. The van der Waals surface area contributed by atoms with Crippen molar-refractivity contribution in [2.24, 2.45) is 5.73 Å². The Hall–Kier alpha value is -1.26. The highest BCUT2D eigenvalue weighted by atomic mass is 32.2. The zero-order valence-electron chi connectivity index (χ0n) is 10.4. The number of nitrogens with zero attached hydrogens (tertiary/aromatic N) is 1. The SMILES string of the molecule is N=C(N)SCCN1CC=C(c2ccccc2)CC1. The third-order valence-corrected chi connectivity index (χ3v) is 3.80. The highest BCUT2D eigenvalue weighted by molar-refractivity contribution is 8.13. The maximum absolute atomic E-state index is 7.17. The predicted octanol–water partition coefficient (Wildman–Crippen LogP) is 2.40. The summed E-state index contributed by atoms with van der Waals surface area (Å²) in [7, 11) is 0. The van der Waals surface area contributed by atoms with Crippen molar-refractivity contribution >= 4 is 22.5 Å². The Labute approximate surface area is 113 Å². The predicted molar refractivity (Wildman–Crippen MR) is 79.8 cm³/mol. The molecule has 1 aliphatic rings. The van der Waals surface area contributed by atoms with Crippen LogP contribution in [0.2, 0.25) is 0 Å². The summed E-state index contributed by atoms with van der Waals surface area (Å²) in [4.78, 5) is 2.41. The summed E-state index contributed by atoms with van der Waals surface area (Å²) in [6.07, 6.45) is 3.42. The van der Waals surface area contributed by atoms with E-state index >= 15 is 0 Å². The molecule has 18 heavy (non-hydrogen) atoms. The van der Waals surface area contributed by atoms with Gasteiger partial charge < -0.3 is 5.73 Å². The number of rotatable bonds is 4. The molecule has 1 aromatic rings. The van der Waals surface area contributed by atoms with Crippen LogP contribution in [0.5, 0.6) is 0 Å². The fourth-order valence-electron chi connectivity index (χ4n) is 2.11. The van der Waals surface area contributed by atoms with Gasteiger partial charge in [-0.25, -0.2) is 0 Å². The molecule has 96 valence electrons. The van der Waals surface area contributed by atoms with Crippen LogP contribution in [0.25, 0.3) is 5.57 Å². The first-order chi connectivity index (χ1) is 8.75. The number of hydrogen-bond donors (Lipinski definition) is 2. The van der Waals surface area contributed by atoms with Crippen LogP contribution in [0, 0.1) is 5.41 Å². The van der Waals surface area contributed by atoms with Crippen molar-refractivity contribution < 1.29 is 0 Å². The van der Waals surface area contributed by atoms with E-state index in [-0.39, 0.29) is 5.17 Å². The van der Waals surface area contributed by atoms with Crippen molar-refractivity contribution in [2.75, 3.05) is 25.4 Å². The molecule has 1 heterocycles. The van der Waals surface area contributed by atoms with E-state index in [2.05, 4.69) is 41.3 Å². The zero-order valence-corrected chi connectivity index (χ0v) is 11.2. The maximum Gasteiger partial charge on any atom is 0.151 e. The van der Waals surface area contributed by atoms with Gasteiger partial charge in [-0.3, -0.25) is 10.3 Å². The van der Waals surface area contributed by atoms with Crippen molar-refractivity contribution in [3.05, 3.63) is 42.0 Å². The van der Waals surface area contributed by atoms with Gasteiger partial charge in [0.2, 0.25) is 0 Å². The zero-order chi connectivity index (χ0) is 12.8. The first-order valence-corrected chi connectivity index (χ1v) is 7.18. The van der Waals surface area contributed by atoms with E-state index in [9.17, 15) is 0 Å². The fraction of sp³-hybridized carbons (Fsp3) is 0.357. The standard InChI is InChI=1S/C14H19N3S/c15-14(16)18-11-10-17-8-6-13(7-9-17)12-4-2-1-3-5-12/h1-6H,7-11H2,(H3,15,16). The first kappa shape index (κ1) is 13.2. The third kappa shape index (κ3) is 3.89. The highest BCUT2D eigenvalue weighted by Crippen LogP contribution is 2.21. The molecule has 1 aromatic carbocycles. The minimum absolute atomic E-state index is 0.215. The molecular formula is C14H19N3S. The van der Waals surface area contributed by atoms with Crippen molar-refractivity contribution in [3.8, 4) is 0 Å². The Morgan fingerprint density at radius 1 is 1.33 bits per heavy atom. The van der Waals surface area contributed by atoms with Crippen LogP contribution < -0.4 is 5.73 Å². The van der Waals surface area contributed by atoms with Gasteiger partial charge in [0, 0.05) is 25.4 Å². The molecule has 0 spiro atoms. The van der Waals surface area contributed by atoms with Gasteiger partial charge in [-0.15, -0.1) is 0 Å². The Balaban J connectivity index is 1.83. The van der Waals surface area contributed by atoms with Gasteiger partial charge >= 0.3 is 0 Å². The number of thioether (sulfide) groups is 1. The largest absolute Gasteiger partial charge is 0.379 e. The molecule has 0 saturated carbocycles. The van der Waals surface area contributed by atoms with Gasteiger partial charge in [0.05, 0.1) is 0 Å². The van der Waals surface area contributed by atoms with Crippen LogP contribution in [0.15, 0.2) is 36.4 Å². The van der Waals surface area contributed by atoms with Crippen LogP contribution in [-0.4, -0.2) is 35.5 Å². The second kappa shape index (κ2) is 6.61. The van der Waals surface area contributed by atoms with Gasteiger partial charge in [0.25, 0.3) is 0 Å². The van der Waals surface area contributed by atoms with Gasteiger partial charge in [-0.05, 0) is 17.6 Å². The van der Waals surface area contributed by atoms with Crippen LogP contribution in [-0.2, 0) is 0 Å². The van der Waals surface area contributed by atoms with E-state index in [4.69, 9.17) is 11.1 Å². The Morgan fingerprint density at radius 3 is 2.72 bits per heavy atom. The van der Waals surface area contributed by atoms with Gasteiger partial charge in [-0.2, -0.15) is 0 Å². The molecule has 2 rings (SSSR count). The third-order valence-electron chi connectivity index (χ3n) is 3.10. The summed E-state index contributed by atoms with van der Waals surface area (Å²) in [5.74, 6) is 0.907. The molecule has 0 bridgehead atoms.